The highest BCUT2D eigenvalue weighted by Crippen LogP contribution is 2.30. The summed E-state index contributed by atoms with van der Waals surface area (Å²) in [7, 11) is 1.51. The lowest BCUT2D eigenvalue weighted by Crippen LogP contribution is -2.38. The number of benzene rings is 3. The van der Waals surface area contributed by atoms with Crippen LogP contribution in [0.25, 0.3) is 10.9 Å². The van der Waals surface area contributed by atoms with Crippen molar-refractivity contribution in [3.8, 4) is 11.5 Å². The van der Waals surface area contributed by atoms with Crippen LogP contribution in [0.1, 0.15) is 16.7 Å². The van der Waals surface area contributed by atoms with Gasteiger partial charge < -0.3 is 24.9 Å². The lowest BCUT2D eigenvalue weighted by atomic mass is 10.0. The number of ether oxygens (including phenoxy) is 2. The molecule has 0 aliphatic rings. The van der Waals surface area contributed by atoms with Gasteiger partial charge in [0.1, 0.15) is 18.5 Å². The van der Waals surface area contributed by atoms with Crippen LogP contribution in [0.3, 0.4) is 0 Å². The van der Waals surface area contributed by atoms with E-state index in [1.165, 1.54) is 19.2 Å². The second-order valence-electron chi connectivity index (χ2n) is 7.81. The Hall–Kier alpha value is -3.55. The maximum Gasteiger partial charge on any atom is 0.321 e. The number of aromatic nitrogens is 1. The highest BCUT2D eigenvalue weighted by Gasteiger charge is 2.19. The molecule has 1 heterocycles. The monoisotopic (exact) mass is 482 g/mol. The van der Waals surface area contributed by atoms with E-state index in [2.05, 4.69) is 10.3 Å². The zero-order valence-corrected chi connectivity index (χ0v) is 19.2. The van der Waals surface area contributed by atoms with Gasteiger partial charge in [-0.15, -0.1) is 0 Å². The van der Waals surface area contributed by atoms with Gasteiger partial charge in [0, 0.05) is 35.6 Å². The molecule has 6 nitrogen and oxygen atoms in total. The normalized spacial score (nSPS) is 12.0. The quantitative estimate of drug-likeness (QED) is 0.284. The first-order chi connectivity index (χ1) is 16.5. The van der Waals surface area contributed by atoms with Gasteiger partial charge in [0.2, 0.25) is 0 Å². The Labute approximate surface area is 201 Å². The molecule has 0 unspecified atom stereocenters. The number of nitrogens with one attached hydrogen (secondary N) is 2. The number of fused-ring (bicyclic) bond motifs is 1. The van der Waals surface area contributed by atoms with Crippen LogP contribution in [-0.2, 0) is 24.4 Å². The third-order valence-corrected chi connectivity index (χ3v) is 5.97. The first kappa shape index (κ1) is 23.6. The lowest BCUT2D eigenvalue weighted by molar-refractivity contribution is -0.139. The van der Waals surface area contributed by atoms with E-state index in [1.807, 2.05) is 30.5 Å². The van der Waals surface area contributed by atoms with Crippen molar-refractivity contribution >= 4 is 28.5 Å². The molecule has 0 spiro atoms. The summed E-state index contributed by atoms with van der Waals surface area (Å²) in [5, 5.41) is 14.1. The van der Waals surface area contributed by atoms with Crippen molar-refractivity contribution in [2.24, 2.45) is 0 Å². The van der Waals surface area contributed by atoms with Crippen LogP contribution in [0.2, 0.25) is 5.02 Å². The fraction of sp³-hybridized carbons (Fsp3) is 0.192. The molecule has 176 valence electrons. The molecule has 4 aromatic rings. The molecule has 0 saturated carbocycles. The molecule has 1 atom stereocenters. The SMILES string of the molecule is COc1cc(CN[C@@H](Cc2c[nH]c3ccccc23)C(=O)O)ccc1OCc1c(F)cccc1Cl. The summed E-state index contributed by atoms with van der Waals surface area (Å²) in [6.07, 6.45) is 2.18. The van der Waals surface area contributed by atoms with Crippen LogP contribution in [0.5, 0.6) is 11.5 Å². The number of carboxylic acid groups (broad SMARTS) is 1. The zero-order valence-electron chi connectivity index (χ0n) is 18.5. The topological polar surface area (TPSA) is 83.6 Å². The van der Waals surface area contributed by atoms with Crippen LogP contribution in [-0.4, -0.2) is 29.2 Å². The van der Waals surface area contributed by atoms with Crippen molar-refractivity contribution in [3.05, 3.63) is 94.4 Å². The largest absolute Gasteiger partial charge is 0.493 e. The Balaban J connectivity index is 1.43. The highest BCUT2D eigenvalue weighted by molar-refractivity contribution is 6.31. The summed E-state index contributed by atoms with van der Waals surface area (Å²) in [6.45, 7) is 0.264. The Morgan fingerprint density at radius 1 is 1.15 bits per heavy atom. The minimum Gasteiger partial charge on any atom is -0.493 e. The number of hydrogen-bond acceptors (Lipinski definition) is 4. The van der Waals surface area contributed by atoms with E-state index in [-0.39, 0.29) is 17.2 Å². The Kier molecular flexibility index (Phi) is 7.35. The van der Waals surface area contributed by atoms with E-state index >= 15 is 0 Å². The average Bonchev–Trinajstić information content (AvgIpc) is 3.24. The standard InChI is InChI=1S/C26H24ClFN2O4/c1-33-25-11-16(9-10-24(25)34-15-19-20(27)6-4-7-21(19)28)13-29-23(26(31)32)12-17-14-30-22-8-3-2-5-18(17)22/h2-11,14,23,29-30H,12-13,15H2,1H3,(H,31,32)/t23-/m0/s1. The fourth-order valence-corrected chi connectivity index (χ4v) is 3.99. The van der Waals surface area contributed by atoms with Gasteiger partial charge in [-0.2, -0.15) is 0 Å². The van der Waals surface area contributed by atoms with Crippen LogP contribution >= 0.6 is 11.6 Å². The molecule has 0 radical (unpaired) electrons. The molecule has 0 saturated heterocycles. The van der Waals surface area contributed by atoms with Crippen molar-refractivity contribution in [2.75, 3.05) is 7.11 Å². The van der Waals surface area contributed by atoms with Gasteiger partial charge in [0.05, 0.1) is 12.1 Å². The number of H-pyrrole nitrogens is 1. The molecule has 0 fully saturated rings. The molecule has 0 aliphatic carbocycles. The molecule has 1 aromatic heterocycles. The van der Waals surface area contributed by atoms with E-state index in [0.717, 1.165) is 22.0 Å². The van der Waals surface area contributed by atoms with Gasteiger partial charge in [-0.05, 0) is 41.5 Å². The van der Waals surface area contributed by atoms with Crippen LogP contribution < -0.4 is 14.8 Å². The molecule has 0 bridgehead atoms. The number of hydrogen-bond donors (Lipinski definition) is 3. The minimum absolute atomic E-state index is 0.0504. The molecule has 3 aromatic carbocycles. The number of para-hydroxylation sites is 1. The third-order valence-electron chi connectivity index (χ3n) is 5.61. The fourth-order valence-electron chi connectivity index (χ4n) is 3.77. The summed E-state index contributed by atoms with van der Waals surface area (Å²) in [5.74, 6) is -0.490. The lowest BCUT2D eigenvalue weighted by Gasteiger charge is -2.16. The van der Waals surface area contributed by atoms with Gasteiger partial charge in [-0.25, -0.2) is 4.39 Å². The molecule has 34 heavy (non-hydrogen) atoms. The van der Waals surface area contributed by atoms with Crippen LogP contribution in [0, 0.1) is 5.82 Å². The Morgan fingerprint density at radius 2 is 1.97 bits per heavy atom. The maximum absolute atomic E-state index is 14.0. The second-order valence-corrected chi connectivity index (χ2v) is 8.22. The molecule has 4 rings (SSSR count). The van der Waals surface area contributed by atoms with Crippen LogP contribution in [0.15, 0.2) is 66.9 Å². The number of aromatic amines is 1. The van der Waals surface area contributed by atoms with E-state index in [4.69, 9.17) is 21.1 Å². The minimum atomic E-state index is -0.932. The van der Waals surface area contributed by atoms with Crippen molar-refractivity contribution in [1.82, 2.24) is 10.3 Å². The zero-order chi connectivity index (χ0) is 24.1. The molecule has 0 amide bonds. The first-order valence-corrected chi connectivity index (χ1v) is 11.1. The summed E-state index contributed by atoms with van der Waals surface area (Å²) >= 11 is 6.06. The van der Waals surface area contributed by atoms with Crippen molar-refractivity contribution in [2.45, 2.75) is 25.6 Å². The van der Waals surface area contributed by atoms with Crippen molar-refractivity contribution in [1.29, 1.82) is 0 Å². The average molecular weight is 483 g/mol. The first-order valence-electron chi connectivity index (χ1n) is 10.7. The van der Waals surface area contributed by atoms with Gasteiger partial charge in [-0.1, -0.05) is 41.9 Å². The maximum atomic E-state index is 14.0. The van der Waals surface area contributed by atoms with E-state index < -0.39 is 17.8 Å². The predicted octanol–water partition coefficient (Wildman–Crippen LogP) is 5.33. The van der Waals surface area contributed by atoms with Gasteiger partial charge in [-0.3, -0.25) is 4.79 Å². The van der Waals surface area contributed by atoms with Crippen molar-refractivity contribution < 1.29 is 23.8 Å². The molecular weight excluding hydrogens is 459 g/mol. The number of aliphatic carboxylic acids is 1. The summed E-state index contributed by atoms with van der Waals surface area (Å²) in [4.78, 5) is 15.1. The molecule has 0 aliphatic heterocycles. The third kappa shape index (κ3) is 5.32. The van der Waals surface area contributed by atoms with Crippen molar-refractivity contribution in [3.63, 3.8) is 0 Å². The smallest absolute Gasteiger partial charge is 0.321 e. The van der Waals surface area contributed by atoms with Gasteiger partial charge in [0.25, 0.3) is 0 Å². The predicted molar refractivity (Wildman–Crippen MR) is 129 cm³/mol. The van der Waals surface area contributed by atoms with Crippen LogP contribution in [0.4, 0.5) is 4.39 Å². The van der Waals surface area contributed by atoms with E-state index in [1.54, 1.807) is 24.3 Å². The highest BCUT2D eigenvalue weighted by atomic mass is 35.5. The summed E-state index contributed by atoms with van der Waals surface area (Å²) < 4.78 is 25.2. The number of carboxylic acids is 1. The van der Waals surface area contributed by atoms with Gasteiger partial charge in [0.15, 0.2) is 11.5 Å². The summed E-state index contributed by atoms with van der Waals surface area (Å²) in [6, 6.07) is 16.7. The summed E-state index contributed by atoms with van der Waals surface area (Å²) in [5.41, 5.74) is 2.99. The molecule has 3 N–H and O–H groups in total. The number of rotatable bonds is 10. The number of halogens is 2. The Bertz CT molecular complexity index is 1290. The molecule has 8 heteroatoms. The number of methoxy groups -OCH3 is 1. The number of carbonyl (C=O) groups is 1. The molecular formula is C26H24ClFN2O4. The second kappa shape index (κ2) is 10.6. The van der Waals surface area contributed by atoms with Gasteiger partial charge >= 0.3 is 5.97 Å². The Morgan fingerprint density at radius 3 is 2.74 bits per heavy atom. The van der Waals surface area contributed by atoms with E-state index in [9.17, 15) is 14.3 Å². The van der Waals surface area contributed by atoms with E-state index in [0.29, 0.717) is 24.5 Å².